The van der Waals surface area contributed by atoms with Gasteiger partial charge < -0.3 is 14.9 Å². The highest BCUT2D eigenvalue weighted by Gasteiger charge is 2.05. The van der Waals surface area contributed by atoms with Gasteiger partial charge in [-0.15, -0.1) is 32.8 Å². The fraction of sp³-hybridized carbons (Fsp3) is 0.333. The van der Waals surface area contributed by atoms with Crippen molar-refractivity contribution in [1.29, 1.82) is 10.7 Å². The molecule has 0 atom stereocenters. The van der Waals surface area contributed by atoms with Crippen LogP contribution in [0.4, 0.5) is 0 Å². The molecule has 0 saturated carbocycles. The number of ether oxygens (including phenoxy) is 1. The predicted octanol–water partition coefficient (Wildman–Crippen LogP) is 0.411. The van der Waals surface area contributed by atoms with E-state index >= 15 is 0 Å². The standard InChI is InChI=1S/C8H8N6O.C5H3N3.C5H11NO2.ClH/c15-5-2-6-11-13-8(14-12-6)7-9-3-1-4-10-7;6-4-5-7-2-1-3-8-5;1-2-8-5(6)3-4-7;/h1,3-4,15H,2,5H2;1-3H;6-7H,2-4H2,1H3;1H. The summed E-state index contributed by atoms with van der Waals surface area (Å²) < 4.78 is 4.71. The maximum atomic E-state index is 8.65. The minimum absolute atomic E-state index is 0. The zero-order valence-corrected chi connectivity index (χ0v) is 18.1. The van der Waals surface area contributed by atoms with E-state index in [4.69, 9.17) is 25.6 Å². The summed E-state index contributed by atoms with van der Waals surface area (Å²) in [6, 6.07) is 5.17. The number of nitrogens with zero attached hydrogens (tertiary/aromatic N) is 9. The minimum atomic E-state index is -0.0233. The van der Waals surface area contributed by atoms with Gasteiger partial charge in [-0.05, 0) is 19.1 Å². The van der Waals surface area contributed by atoms with Crippen LogP contribution in [0.3, 0.4) is 0 Å². The molecule has 3 N–H and O–H groups in total. The number of nitriles is 1. The largest absolute Gasteiger partial charge is 0.481 e. The van der Waals surface area contributed by atoms with Crippen LogP contribution in [-0.4, -0.2) is 76.3 Å². The quantitative estimate of drug-likeness (QED) is 0.337. The van der Waals surface area contributed by atoms with Crippen LogP contribution in [0.2, 0.25) is 0 Å². The van der Waals surface area contributed by atoms with E-state index in [-0.39, 0.29) is 43.2 Å². The van der Waals surface area contributed by atoms with Crippen molar-refractivity contribution in [3.8, 4) is 17.7 Å². The normalized spacial score (nSPS) is 8.94. The first-order valence-electron chi connectivity index (χ1n) is 9.07. The molecule has 0 aromatic carbocycles. The second-order valence-electron chi connectivity index (χ2n) is 5.20. The first-order chi connectivity index (χ1) is 15.1. The number of nitrogens with one attached hydrogen (secondary N) is 1. The summed E-state index contributed by atoms with van der Waals surface area (Å²) in [4.78, 5) is 15.2. The number of halogens is 1. The van der Waals surface area contributed by atoms with Crippen LogP contribution in [0.25, 0.3) is 11.6 Å². The van der Waals surface area contributed by atoms with Crippen molar-refractivity contribution in [2.24, 2.45) is 0 Å². The fourth-order valence-electron chi connectivity index (χ4n) is 1.66. The smallest absolute Gasteiger partial charge is 0.240 e. The van der Waals surface area contributed by atoms with Crippen LogP contribution in [0, 0.1) is 16.7 Å². The zero-order valence-electron chi connectivity index (χ0n) is 17.2. The molecule has 0 radical (unpaired) electrons. The molecule has 0 aliphatic carbocycles. The van der Waals surface area contributed by atoms with Crippen LogP contribution in [-0.2, 0) is 11.2 Å². The van der Waals surface area contributed by atoms with Gasteiger partial charge >= 0.3 is 0 Å². The third kappa shape index (κ3) is 12.1. The summed E-state index contributed by atoms with van der Waals surface area (Å²) in [5.74, 6) is 1.44. The Bertz CT molecular complexity index is 904. The molecule has 0 amide bonds. The minimum Gasteiger partial charge on any atom is -0.481 e. The molecule has 0 bridgehead atoms. The number of aliphatic hydroxyl groups excluding tert-OH is 2. The van der Waals surface area contributed by atoms with Gasteiger partial charge in [-0.1, -0.05) is 0 Å². The average molecular weight is 463 g/mol. The SMILES string of the molecule is CCOC(=N)CCO.Cl.N#Cc1ncccn1.OCCc1nnc(-c2ncccn2)nn1. The second kappa shape index (κ2) is 18.1. The lowest BCUT2D eigenvalue weighted by molar-refractivity contribution is 0.271. The Morgan fingerprint density at radius 2 is 1.50 bits per heavy atom. The van der Waals surface area contributed by atoms with Gasteiger partial charge in [0.25, 0.3) is 0 Å². The van der Waals surface area contributed by atoms with Crippen molar-refractivity contribution in [3.05, 3.63) is 48.6 Å². The molecule has 0 aliphatic heterocycles. The highest BCUT2D eigenvalue weighted by Crippen LogP contribution is 2.03. The van der Waals surface area contributed by atoms with Gasteiger partial charge in [0.1, 0.15) is 6.07 Å². The molecule has 0 fully saturated rings. The van der Waals surface area contributed by atoms with Gasteiger partial charge in [-0.2, -0.15) is 5.26 Å². The first-order valence-corrected chi connectivity index (χ1v) is 9.07. The summed E-state index contributed by atoms with van der Waals surface area (Å²) in [5, 5.41) is 47.1. The van der Waals surface area contributed by atoms with Gasteiger partial charge in [0.2, 0.25) is 17.5 Å². The highest BCUT2D eigenvalue weighted by atomic mass is 35.5. The summed E-state index contributed by atoms with van der Waals surface area (Å²) in [7, 11) is 0. The van der Waals surface area contributed by atoms with E-state index in [1.54, 1.807) is 30.6 Å². The molecule has 170 valence electrons. The maximum absolute atomic E-state index is 8.65. The van der Waals surface area contributed by atoms with Crippen LogP contribution in [0.15, 0.2) is 36.9 Å². The molecule has 0 aliphatic rings. The van der Waals surface area contributed by atoms with Crippen molar-refractivity contribution in [2.75, 3.05) is 19.8 Å². The van der Waals surface area contributed by atoms with Crippen molar-refractivity contribution < 1.29 is 14.9 Å². The number of rotatable bonds is 6. The van der Waals surface area contributed by atoms with E-state index in [0.29, 0.717) is 31.1 Å². The van der Waals surface area contributed by atoms with E-state index < -0.39 is 0 Å². The molecule has 3 aromatic rings. The molecular weight excluding hydrogens is 440 g/mol. The molecular formula is C18H23ClN10O3. The molecule has 32 heavy (non-hydrogen) atoms. The van der Waals surface area contributed by atoms with Crippen LogP contribution >= 0.6 is 12.4 Å². The molecule has 0 spiro atoms. The van der Waals surface area contributed by atoms with Gasteiger partial charge in [0.15, 0.2) is 11.7 Å². The van der Waals surface area contributed by atoms with Gasteiger partial charge in [-0.3, -0.25) is 5.41 Å². The molecule has 3 aromatic heterocycles. The lowest BCUT2D eigenvalue weighted by Gasteiger charge is -1.99. The van der Waals surface area contributed by atoms with Crippen molar-refractivity contribution in [3.63, 3.8) is 0 Å². The molecule has 3 heterocycles. The fourth-order valence-corrected chi connectivity index (χ4v) is 1.66. The summed E-state index contributed by atoms with van der Waals surface area (Å²) in [6.45, 7) is 2.30. The Labute approximate surface area is 190 Å². The number of aliphatic hydroxyl groups is 2. The van der Waals surface area contributed by atoms with E-state index in [2.05, 4.69) is 40.3 Å². The molecule has 0 saturated heterocycles. The lowest BCUT2D eigenvalue weighted by Crippen LogP contribution is -2.05. The van der Waals surface area contributed by atoms with E-state index in [1.165, 1.54) is 12.4 Å². The average Bonchev–Trinajstić information content (AvgIpc) is 2.82. The number of hydrogen-bond donors (Lipinski definition) is 3. The monoisotopic (exact) mass is 462 g/mol. The third-order valence-electron chi connectivity index (χ3n) is 2.94. The van der Waals surface area contributed by atoms with Crippen LogP contribution in [0.1, 0.15) is 25.0 Å². The topological polar surface area (TPSA) is 200 Å². The van der Waals surface area contributed by atoms with Crippen LogP contribution < -0.4 is 0 Å². The van der Waals surface area contributed by atoms with Crippen molar-refractivity contribution >= 4 is 18.3 Å². The van der Waals surface area contributed by atoms with Gasteiger partial charge in [0, 0.05) is 37.6 Å². The Morgan fingerprint density at radius 1 is 0.938 bits per heavy atom. The Hall–Kier alpha value is -3.73. The molecule has 14 heteroatoms. The first kappa shape index (κ1) is 28.3. The number of aromatic nitrogens is 8. The summed E-state index contributed by atoms with van der Waals surface area (Å²) in [6.07, 6.45) is 6.92. The Kier molecular flexibility index (Phi) is 16.0. The molecule has 13 nitrogen and oxygen atoms in total. The third-order valence-corrected chi connectivity index (χ3v) is 2.94. The van der Waals surface area contributed by atoms with Crippen LogP contribution in [0.5, 0.6) is 0 Å². The predicted molar refractivity (Wildman–Crippen MR) is 114 cm³/mol. The van der Waals surface area contributed by atoms with E-state index in [1.807, 2.05) is 6.92 Å². The van der Waals surface area contributed by atoms with Crippen molar-refractivity contribution in [1.82, 2.24) is 40.3 Å². The number of hydrogen-bond acceptors (Lipinski definition) is 13. The van der Waals surface area contributed by atoms with E-state index in [9.17, 15) is 0 Å². The molecule has 3 rings (SSSR count). The van der Waals surface area contributed by atoms with Crippen molar-refractivity contribution in [2.45, 2.75) is 19.8 Å². The second-order valence-corrected chi connectivity index (χ2v) is 5.20. The Balaban J connectivity index is 0.000000486. The highest BCUT2D eigenvalue weighted by molar-refractivity contribution is 5.85. The van der Waals surface area contributed by atoms with Gasteiger partial charge in [0.05, 0.1) is 19.8 Å². The maximum Gasteiger partial charge on any atom is 0.240 e. The zero-order chi connectivity index (χ0) is 22.7. The summed E-state index contributed by atoms with van der Waals surface area (Å²) in [5.41, 5.74) is 0. The van der Waals surface area contributed by atoms with Gasteiger partial charge in [-0.25, -0.2) is 19.9 Å². The molecule has 0 unspecified atom stereocenters. The Morgan fingerprint density at radius 3 is 1.94 bits per heavy atom. The lowest BCUT2D eigenvalue weighted by atomic mass is 10.4. The van der Waals surface area contributed by atoms with E-state index in [0.717, 1.165) is 0 Å². The summed E-state index contributed by atoms with van der Waals surface area (Å²) >= 11 is 0.